The third-order valence-corrected chi connectivity index (χ3v) is 15.8. The van der Waals surface area contributed by atoms with Gasteiger partial charge in [-0.2, -0.15) is 18.2 Å². The second-order valence-electron chi connectivity index (χ2n) is 18.7. The highest BCUT2D eigenvalue weighted by atomic mass is 32.2. The summed E-state index contributed by atoms with van der Waals surface area (Å²) in [6.45, 7) is 7.50. The molecule has 62 heavy (non-hydrogen) atoms. The molecule has 0 unspecified atom stereocenters. The number of carbonyl (C=O) groups is 4. The fourth-order valence-corrected chi connectivity index (χ4v) is 10.6. The smallest absolute Gasteiger partial charge is 0.411 e. The molecule has 2 saturated carbocycles. The normalized spacial score (nSPS) is 29.2. The number of methoxy groups -OCH3 is 1. The third kappa shape index (κ3) is 8.49. The zero-order valence-corrected chi connectivity index (χ0v) is 36.8. The van der Waals surface area contributed by atoms with Gasteiger partial charge in [0.25, 0.3) is 5.91 Å². The fraction of sp³-hybridized carbons (Fsp3) is 0.651. The van der Waals surface area contributed by atoms with Crippen molar-refractivity contribution in [3.63, 3.8) is 0 Å². The lowest BCUT2D eigenvalue weighted by Crippen LogP contribution is -2.66. The Morgan fingerprint density at radius 1 is 1.08 bits per heavy atom. The van der Waals surface area contributed by atoms with Gasteiger partial charge in [-0.25, -0.2) is 13.2 Å². The maximum absolute atomic E-state index is 15.2. The average molecular weight is 891 g/mol. The van der Waals surface area contributed by atoms with Gasteiger partial charge in [0.1, 0.15) is 40.8 Å². The number of amides is 4. The second-order valence-corrected chi connectivity index (χ2v) is 20.9. The summed E-state index contributed by atoms with van der Waals surface area (Å²) in [5.41, 5.74) is -4.76. The van der Waals surface area contributed by atoms with Crippen LogP contribution in [0.3, 0.4) is 0 Å². The molecule has 5 aliphatic rings. The number of nitrogens with zero attached hydrogens (tertiary/aromatic N) is 4. The van der Waals surface area contributed by atoms with Gasteiger partial charge in [0.05, 0.1) is 18.4 Å². The molecule has 4 fully saturated rings. The number of alkyl halides is 3. The van der Waals surface area contributed by atoms with Crippen molar-refractivity contribution in [2.45, 2.75) is 133 Å². The number of aromatic nitrogens is 1. The van der Waals surface area contributed by atoms with Gasteiger partial charge in [-0.15, -0.1) is 0 Å². The highest BCUT2D eigenvalue weighted by Gasteiger charge is 2.64. The summed E-state index contributed by atoms with van der Waals surface area (Å²) in [5, 5.41) is 14.6. The highest BCUT2D eigenvalue weighted by molar-refractivity contribution is 7.91. The summed E-state index contributed by atoms with van der Waals surface area (Å²) in [7, 11) is -2.59. The van der Waals surface area contributed by atoms with E-state index in [0.717, 1.165) is 36.2 Å². The van der Waals surface area contributed by atoms with Crippen LogP contribution in [0.5, 0.6) is 11.6 Å². The van der Waals surface area contributed by atoms with E-state index < -0.39 is 85.9 Å². The molecule has 7 atom stereocenters. The minimum atomic E-state index is -5.10. The lowest BCUT2D eigenvalue weighted by molar-refractivity contribution is -0.222. The van der Waals surface area contributed by atoms with E-state index in [9.17, 15) is 41.1 Å². The Morgan fingerprint density at radius 2 is 1.77 bits per heavy atom. The molecule has 3 N–H and O–H groups in total. The first-order chi connectivity index (χ1) is 29.0. The number of pyridine rings is 1. The number of allylic oxidation sites excluding steroid dienone is 1. The van der Waals surface area contributed by atoms with Crippen molar-refractivity contribution in [2.24, 2.45) is 17.8 Å². The third-order valence-electron chi connectivity index (χ3n) is 13.7. The van der Waals surface area contributed by atoms with E-state index in [0.29, 0.717) is 56.5 Å². The zero-order valence-electron chi connectivity index (χ0n) is 36.0. The van der Waals surface area contributed by atoms with E-state index in [2.05, 4.69) is 14.9 Å². The van der Waals surface area contributed by atoms with Crippen molar-refractivity contribution >= 4 is 50.4 Å². The molecular weight excluding hydrogens is 834 g/mol. The van der Waals surface area contributed by atoms with Gasteiger partial charge in [-0.05, 0) is 114 Å². The number of benzene rings is 1. The van der Waals surface area contributed by atoms with Crippen LogP contribution in [0, 0.1) is 17.8 Å². The molecule has 4 heterocycles. The predicted molar refractivity (Wildman–Crippen MR) is 223 cm³/mol. The number of ether oxygens (including phenoxy) is 2. The standard InChI is InChI=1S/C43H57F3N6O9S/c1-25-11-7-8-12-28-23-42(28,38(55)49-62(58,59)41(5)15-16-41)48-35(53)32-22-30(24-51(32)37(54)34(26(2)19-25)52(39(56)57)40(3,4)43(44,45)46)61-36-31-14-13-29(60-6)20-27(31)21-33(47-36)50-17-9-10-18-50/h8,12-14,20-21,25-26,28,30,32,34H,7,9-11,15-19,22-24H2,1-6H3,(H,48,53)(H,49,55)(H,56,57)/t25-,26-,28-,30-,32+,34+,42-/m1/s1. The number of sulfonamides is 1. The van der Waals surface area contributed by atoms with Crippen LogP contribution in [-0.2, 0) is 24.4 Å². The quantitative estimate of drug-likeness (QED) is 0.260. The summed E-state index contributed by atoms with van der Waals surface area (Å²) < 4.78 is 84.1. The predicted octanol–water partition coefficient (Wildman–Crippen LogP) is 5.77. The van der Waals surface area contributed by atoms with Gasteiger partial charge in [-0.1, -0.05) is 26.0 Å². The van der Waals surface area contributed by atoms with Crippen LogP contribution in [0.1, 0.15) is 92.4 Å². The van der Waals surface area contributed by atoms with Crippen molar-refractivity contribution in [1.29, 1.82) is 0 Å². The van der Waals surface area contributed by atoms with E-state index in [1.54, 1.807) is 25.3 Å². The molecule has 19 heteroatoms. The number of hydrogen-bond acceptors (Lipinski definition) is 10. The highest BCUT2D eigenvalue weighted by Crippen LogP contribution is 2.48. The van der Waals surface area contributed by atoms with Gasteiger partial charge in [-0.3, -0.25) is 24.0 Å². The summed E-state index contributed by atoms with van der Waals surface area (Å²) in [6.07, 6.45) is -0.871. The van der Waals surface area contributed by atoms with Crippen LogP contribution in [0.25, 0.3) is 10.8 Å². The molecule has 3 aliphatic heterocycles. The van der Waals surface area contributed by atoms with Crippen molar-refractivity contribution in [3.8, 4) is 11.6 Å². The molecular formula is C43H57F3N6O9S. The maximum Gasteiger partial charge on any atom is 0.411 e. The van der Waals surface area contributed by atoms with Crippen LogP contribution in [0.4, 0.5) is 23.8 Å². The monoisotopic (exact) mass is 890 g/mol. The van der Waals surface area contributed by atoms with E-state index in [1.165, 1.54) is 13.8 Å². The number of fused-ring (bicyclic) bond motifs is 3. The molecule has 0 radical (unpaired) electrons. The summed E-state index contributed by atoms with van der Waals surface area (Å²) >= 11 is 0. The van der Waals surface area contributed by atoms with Gasteiger partial charge < -0.3 is 29.7 Å². The molecule has 7 rings (SSSR count). The first-order valence-electron chi connectivity index (χ1n) is 21.4. The van der Waals surface area contributed by atoms with Crippen LogP contribution in [-0.4, -0.2) is 119 Å². The Balaban J connectivity index is 1.31. The number of carbonyl (C=O) groups excluding carboxylic acids is 3. The molecule has 1 aromatic heterocycles. The van der Waals surface area contributed by atoms with E-state index in [1.807, 2.05) is 25.1 Å². The Bertz CT molecular complexity index is 2250. The number of hydrogen-bond donors (Lipinski definition) is 3. The number of rotatable bonds is 9. The maximum atomic E-state index is 15.2. The lowest BCUT2D eigenvalue weighted by atomic mass is 9.85. The summed E-state index contributed by atoms with van der Waals surface area (Å²) in [4.78, 5) is 65.2. The first-order valence-corrected chi connectivity index (χ1v) is 22.9. The molecule has 2 aromatic rings. The minimum Gasteiger partial charge on any atom is -0.497 e. The van der Waals surface area contributed by atoms with Gasteiger partial charge in [0, 0.05) is 30.8 Å². The van der Waals surface area contributed by atoms with E-state index >= 15 is 4.79 Å². The van der Waals surface area contributed by atoms with Crippen molar-refractivity contribution in [3.05, 3.63) is 36.4 Å². The lowest BCUT2D eigenvalue weighted by Gasteiger charge is -2.45. The number of nitrogens with one attached hydrogen (secondary N) is 2. The van der Waals surface area contributed by atoms with Gasteiger partial charge in [0.15, 0.2) is 0 Å². The zero-order chi connectivity index (χ0) is 45.2. The minimum absolute atomic E-state index is 0.0539. The Labute approximate surface area is 359 Å². The van der Waals surface area contributed by atoms with E-state index in [4.69, 9.17) is 14.5 Å². The van der Waals surface area contributed by atoms with Crippen molar-refractivity contribution in [1.82, 2.24) is 24.8 Å². The summed E-state index contributed by atoms with van der Waals surface area (Å²) in [6, 6.07) is 3.85. The largest absolute Gasteiger partial charge is 0.497 e. The van der Waals surface area contributed by atoms with Crippen molar-refractivity contribution in [2.75, 3.05) is 31.6 Å². The molecule has 2 aliphatic carbocycles. The molecule has 2 saturated heterocycles. The molecule has 15 nitrogen and oxygen atoms in total. The number of halogens is 3. The number of anilines is 1. The topological polar surface area (TPSA) is 188 Å². The Kier molecular flexibility index (Phi) is 12.0. The van der Waals surface area contributed by atoms with Gasteiger partial charge >= 0.3 is 12.3 Å². The van der Waals surface area contributed by atoms with Gasteiger partial charge in [0.2, 0.25) is 27.7 Å². The van der Waals surface area contributed by atoms with Crippen LogP contribution >= 0.6 is 0 Å². The van der Waals surface area contributed by atoms with Crippen molar-refractivity contribution < 1.29 is 55.3 Å². The second kappa shape index (κ2) is 16.4. The summed E-state index contributed by atoms with van der Waals surface area (Å²) in [5.74, 6) is -3.19. The van der Waals surface area contributed by atoms with Crippen LogP contribution in [0.15, 0.2) is 36.4 Å². The molecule has 1 aromatic carbocycles. The molecule has 0 bridgehead atoms. The van der Waals surface area contributed by atoms with E-state index in [-0.39, 0.29) is 42.5 Å². The van der Waals surface area contributed by atoms with Crippen LogP contribution in [0.2, 0.25) is 0 Å². The molecule has 340 valence electrons. The number of carboxylic acid groups (broad SMARTS) is 1. The SMILES string of the molecule is COc1ccc2c(O[C@@H]3C[C@H]4C(=O)N[C@]5(C(=O)NS(=O)(=O)C6(C)CC6)C[C@H]5C=CCC[C@@H](C)C[C@@H](C)[C@H](N(C(=O)O)C(C)(C)C(F)(F)F)C(=O)N4C3)nc(N3CCCC3)cc2c1. The van der Waals surface area contributed by atoms with Crippen LogP contribution < -0.4 is 24.4 Å². The first kappa shape index (κ1) is 45.2. The Hall–Kier alpha value is -4.81. The average Bonchev–Trinajstić information content (AvgIpc) is 3.94. The molecule has 0 spiro atoms. The fourth-order valence-electron chi connectivity index (χ4n) is 9.26. The molecule has 4 amide bonds. The Morgan fingerprint density at radius 3 is 2.40 bits per heavy atom.